The van der Waals surface area contributed by atoms with E-state index in [1.165, 1.54) is 10.8 Å². The van der Waals surface area contributed by atoms with Crippen molar-refractivity contribution in [1.29, 1.82) is 0 Å². The van der Waals surface area contributed by atoms with Gasteiger partial charge in [-0.2, -0.15) is 5.10 Å². The molecule has 7 heteroatoms. The molecule has 206 valence electrons. The number of amides is 1. The molecule has 0 aliphatic heterocycles. The van der Waals surface area contributed by atoms with Gasteiger partial charge in [-0.05, 0) is 86.7 Å². The van der Waals surface area contributed by atoms with Crippen LogP contribution in [0.25, 0.3) is 10.8 Å². The minimum Gasteiger partial charge on any atom is -0.490 e. The van der Waals surface area contributed by atoms with E-state index in [9.17, 15) is 4.79 Å². The highest BCUT2D eigenvalue weighted by Crippen LogP contribution is 2.30. The summed E-state index contributed by atoms with van der Waals surface area (Å²) >= 11 is 3.59. The van der Waals surface area contributed by atoms with Crippen LogP contribution in [0.4, 0.5) is 0 Å². The van der Waals surface area contributed by atoms with Gasteiger partial charge < -0.3 is 14.2 Å². The summed E-state index contributed by atoms with van der Waals surface area (Å²) in [6, 6.07) is 35.1. The predicted molar refractivity (Wildman–Crippen MR) is 166 cm³/mol. The summed E-state index contributed by atoms with van der Waals surface area (Å²) in [7, 11) is 0. The summed E-state index contributed by atoms with van der Waals surface area (Å²) in [5, 5.41) is 6.49. The van der Waals surface area contributed by atoms with Crippen molar-refractivity contribution < 1.29 is 19.0 Å². The first kappa shape index (κ1) is 27.9. The van der Waals surface area contributed by atoms with Crippen LogP contribution >= 0.6 is 15.9 Å². The number of benzene rings is 5. The average molecular weight is 610 g/mol. The molecule has 6 nitrogen and oxygen atoms in total. The number of fused-ring (bicyclic) bond motifs is 1. The number of hydrogen-bond acceptors (Lipinski definition) is 5. The van der Waals surface area contributed by atoms with E-state index in [1.54, 1.807) is 24.4 Å². The van der Waals surface area contributed by atoms with Gasteiger partial charge in [-0.1, -0.05) is 72.8 Å². The fraction of sp³-hybridized carbons (Fsp3) is 0.118. The SMILES string of the molecule is CCOc1cc(C(=O)N/N=C/c2ccc(OCc3cccc4ccccc34)c(Br)c2)ccc1OCc1ccccc1. The van der Waals surface area contributed by atoms with Crippen molar-refractivity contribution in [2.45, 2.75) is 20.1 Å². The molecule has 5 aromatic carbocycles. The van der Waals surface area contributed by atoms with E-state index < -0.39 is 0 Å². The number of nitrogens with zero attached hydrogens (tertiary/aromatic N) is 1. The standard InChI is InChI=1S/C34H29BrN2O4/c1-2-39-33-20-27(16-18-32(33)40-22-24-9-4-3-5-10-24)34(38)37-36-21-25-15-17-31(30(35)19-25)41-23-28-13-8-12-26-11-6-7-14-29(26)28/h3-21H,2,22-23H2,1H3,(H,37,38)/b36-21+. The number of carbonyl (C=O) groups excluding carboxylic acids is 1. The molecule has 1 N–H and O–H groups in total. The lowest BCUT2D eigenvalue weighted by atomic mass is 10.1. The van der Waals surface area contributed by atoms with Crippen LogP contribution in [-0.4, -0.2) is 18.7 Å². The highest BCUT2D eigenvalue weighted by atomic mass is 79.9. The minimum atomic E-state index is -0.356. The van der Waals surface area contributed by atoms with E-state index in [4.69, 9.17) is 14.2 Å². The molecule has 0 atom stereocenters. The Morgan fingerprint density at radius 1 is 0.780 bits per heavy atom. The van der Waals surface area contributed by atoms with Crippen molar-refractivity contribution in [3.8, 4) is 17.2 Å². The molecule has 0 aromatic heterocycles. The second kappa shape index (κ2) is 13.6. The molecule has 41 heavy (non-hydrogen) atoms. The fourth-order valence-electron chi connectivity index (χ4n) is 4.29. The Hall–Kier alpha value is -4.62. The highest BCUT2D eigenvalue weighted by molar-refractivity contribution is 9.10. The van der Waals surface area contributed by atoms with Gasteiger partial charge in [0.1, 0.15) is 19.0 Å². The Balaban J connectivity index is 1.19. The maximum atomic E-state index is 12.8. The van der Waals surface area contributed by atoms with E-state index in [2.05, 4.69) is 50.7 Å². The lowest BCUT2D eigenvalue weighted by molar-refractivity contribution is 0.0954. The summed E-state index contributed by atoms with van der Waals surface area (Å²) in [6.45, 7) is 3.18. The topological polar surface area (TPSA) is 69.2 Å². The monoisotopic (exact) mass is 608 g/mol. The van der Waals surface area contributed by atoms with E-state index >= 15 is 0 Å². The number of nitrogens with one attached hydrogen (secondary N) is 1. The smallest absolute Gasteiger partial charge is 0.271 e. The van der Waals surface area contributed by atoms with Crippen LogP contribution < -0.4 is 19.6 Å². The van der Waals surface area contributed by atoms with Gasteiger partial charge in [0, 0.05) is 5.56 Å². The van der Waals surface area contributed by atoms with Gasteiger partial charge in [0.2, 0.25) is 0 Å². The summed E-state index contributed by atoms with van der Waals surface area (Å²) in [4.78, 5) is 12.8. The van der Waals surface area contributed by atoms with Crippen LogP contribution in [0.1, 0.15) is 34.0 Å². The van der Waals surface area contributed by atoms with E-state index in [0.29, 0.717) is 36.9 Å². The van der Waals surface area contributed by atoms with Crippen LogP contribution in [-0.2, 0) is 13.2 Å². The van der Waals surface area contributed by atoms with Gasteiger partial charge in [-0.3, -0.25) is 4.79 Å². The zero-order chi connectivity index (χ0) is 28.4. The van der Waals surface area contributed by atoms with Gasteiger partial charge in [-0.25, -0.2) is 5.43 Å². The van der Waals surface area contributed by atoms with Crippen molar-refractivity contribution in [2.24, 2.45) is 5.10 Å². The van der Waals surface area contributed by atoms with Crippen LogP contribution in [0.3, 0.4) is 0 Å². The number of ether oxygens (including phenoxy) is 3. The first-order chi connectivity index (χ1) is 20.1. The van der Waals surface area contributed by atoms with Gasteiger partial charge >= 0.3 is 0 Å². The molecule has 0 bridgehead atoms. The van der Waals surface area contributed by atoms with Gasteiger partial charge in [0.15, 0.2) is 11.5 Å². The summed E-state index contributed by atoms with van der Waals surface area (Å²) in [5.74, 6) is 1.44. The molecule has 5 rings (SSSR count). The first-order valence-corrected chi connectivity index (χ1v) is 14.1. The Morgan fingerprint density at radius 3 is 2.37 bits per heavy atom. The molecule has 0 saturated carbocycles. The Bertz CT molecular complexity index is 1670. The second-order valence-electron chi connectivity index (χ2n) is 9.18. The first-order valence-electron chi connectivity index (χ1n) is 13.3. The number of halogens is 1. The molecule has 0 spiro atoms. The molecule has 1 amide bonds. The lowest BCUT2D eigenvalue weighted by Crippen LogP contribution is -2.17. The van der Waals surface area contributed by atoms with Crippen molar-refractivity contribution in [3.05, 3.63) is 136 Å². The highest BCUT2D eigenvalue weighted by Gasteiger charge is 2.12. The average Bonchev–Trinajstić information content (AvgIpc) is 3.00. The van der Waals surface area contributed by atoms with Gasteiger partial charge in [0.25, 0.3) is 5.91 Å². The fourth-order valence-corrected chi connectivity index (χ4v) is 4.80. The predicted octanol–water partition coefficient (Wildman–Crippen LogP) is 7.92. The molecule has 0 unspecified atom stereocenters. The second-order valence-corrected chi connectivity index (χ2v) is 10.0. The molecule has 0 heterocycles. The molecule has 0 aliphatic rings. The Morgan fingerprint density at radius 2 is 1.54 bits per heavy atom. The van der Waals surface area contributed by atoms with E-state index in [-0.39, 0.29) is 5.91 Å². The van der Waals surface area contributed by atoms with Crippen molar-refractivity contribution in [3.63, 3.8) is 0 Å². The zero-order valence-electron chi connectivity index (χ0n) is 22.5. The number of rotatable bonds is 11. The number of hydrazone groups is 1. The van der Waals surface area contributed by atoms with Gasteiger partial charge in [0.05, 0.1) is 17.3 Å². The quantitative estimate of drug-likeness (QED) is 0.122. The molecular formula is C34H29BrN2O4. The summed E-state index contributed by atoms with van der Waals surface area (Å²) in [5.41, 5.74) is 5.95. The van der Waals surface area contributed by atoms with Crippen molar-refractivity contribution >= 4 is 38.8 Å². The maximum Gasteiger partial charge on any atom is 0.271 e. The molecule has 0 fully saturated rings. The molecule has 0 aliphatic carbocycles. The van der Waals surface area contributed by atoms with Crippen LogP contribution in [0.15, 0.2) is 119 Å². The number of hydrogen-bond donors (Lipinski definition) is 1. The molecule has 0 saturated heterocycles. The molecule has 0 radical (unpaired) electrons. The maximum absolute atomic E-state index is 12.8. The third-order valence-electron chi connectivity index (χ3n) is 6.34. The lowest BCUT2D eigenvalue weighted by Gasteiger charge is -2.13. The molecule has 5 aromatic rings. The zero-order valence-corrected chi connectivity index (χ0v) is 24.1. The normalized spacial score (nSPS) is 11.0. The summed E-state index contributed by atoms with van der Waals surface area (Å²) < 4.78 is 18.5. The van der Waals surface area contributed by atoms with Crippen LogP contribution in [0, 0.1) is 0 Å². The van der Waals surface area contributed by atoms with Crippen molar-refractivity contribution in [2.75, 3.05) is 6.61 Å². The minimum absolute atomic E-state index is 0.356. The van der Waals surface area contributed by atoms with E-state index in [0.717, 1.165) is 26.9 Å². The largest absolute Gasteiger partial charge is 0.490 e. The number of carbonyl (C=O) groups is 1. The van der Waals surface area contributed by atoms with Crippen LogP contribution in [0.5, 0.6) is 17.2 Å². The third-order valence-corrected chi connectivity index (χ3v) is 6.96. The van der Waals surface area contributed by atoms with Crippen LogP contribution in [0.2, 0.25) is 0 Å². The van der Waals surface area contributed by atoms with Gasteiger partial charge in [-0.15, -0.1) is 0 Å². The third kappa shape index (κ3) is 7.32. The molecular weight excluding hydrogens is 580 g/mol. The Labute approximate surface area is 247 Å². The Kier molecular flexibility index (Phi) is 9.29. The van der Waals surface area contributed by atoms with E-state index in [1.807, 2.05) is 73.7 Å². The summed E-state index contributed by atoms with van der Waals surface area (Å²) in [6.07, 6.45) is 1.58. The van der Waals surface area contributed by atoms with Crippen molar-refractivity contribution in [1.82, 2.24) is 5.43 Å².